The molecule has 0 atom stereocenters. The van der Waals surface area contributed by atoms with E-state index in [1.807, 2.05) is 0 Å². The molecule has 2 heterocycles. The number of nitrogens with zero attached hydrogens (tertiary/aromatic N) is 1. The zero-order valence-electron chi connectivity index (χ0n) is 10.8. The monoisotopic (exact) mass is 310 g/mol. The molecule has 4 N–H and O–H groups in total. The van der Waals surface area contributed by atoms with Crippen molar-refractivity contribution in [3.8, 4) is 0 Å². The molecule has 5 nitrogen and oxygen atoms in total. The normalized spacial score (nSPS) is 14.8. The summed E-state index contributed by atoms with van der Waals surface area (Å²) >= 11 is 1.000. The molecule has 1 aliphatic rings. The standard InChI is InChI=1S/C13H12F2N4OS/c14-7-2-1-3-8(15)9(7)10(20)11-12(16)19-13(21-11)18-6-4-17-5-6/h1-3,6,17H,4-5,16H2,(H,18,19). The number of halogens is 2. The van der Waals surface area contributed by atoms with Crippen LogP contribution in [0.15, 0.2) is 18.2 Å². The van der Waals surface area contributed by atoms with Gasteiger partial charge in [-0.2, -0.15) is 0 Å². The van der Waals surface area contributed by atoms with Gasteiger partial charge in [0.05, 0.1) is 11.6 Å². The number of aromatic nitrogens is 1. The molecule has 0 bridgehead atoms. The Morgan fingerprint density at radius 2 is 2.05 bits per heavy atom. The minimum absolute atomic E-state index is 0.0255. The molecule has 21 heavy (non-hydrogen) atoms. The predicted octanol–water partition coefficient (Wildman–Crippen LogP) is 1.62. The van der Waals surface area contributed by atoms with Crippen LogP contribution in [0.25, 0.3) is 0 Å². The molecule has 0 spiro atoms. The molecule has 8 heteroatoms. The van der Waals surface area contributed by atoms with Crippen LogP contribution in [0.5, 0.6) is 0 Å². The summed E-state index contributed by atoms with van der Waals surface area (Å²) in [5.41, 5.74) is 5.09. The Hall–Kier alpha value is -2.06. The van der Waals surface area contributed by atoms with Crippen molar-refractivity contribution in [1.29, 1.82) is 0 Å². The number of ketones is 1. The molecule has 1 aromatic carbocycles. The molecule has 0 unspecified atom stereocenters. The Morgan fingerprint density at radius 3 is 2.62 bits per heavy atom. The van der Waals surface area contributed by atoms with Gasteiger partial charge in [0.2, 0.25) is 5.78 Å². The number of hydrogen-bond acceptors (Lipinski definition) is 6. The van der Waals surface area contributed by atoms with Gasteiger partial charge in [0.1, 0.15) is 22.3 Å². The number of thiazole rings is 1. The summed E-state index contributed by atoms with van der Waals surface area (Å²) in [7, 11) is 0. The Labute approximate surface area is 123 Å². The Morgan fingerprint density at radius 1 is 1.38 bits per heavy atom. The van der Waals surface area contributed by atoms with Gasteiger partial charge in [-0.05, 0) is 12.1 Å². The van der Waals surface area contributed by atoms with E-state index in [0.717, 1.165) is 36.6 Å². The second-order valence-corrected chi connectivity index (χ2v) is 5.66. The van der Waals surface area contributed by atoms with Gasteiger partial charge in [0.15, 0.2) is 5.13 Å². The van der Waals surface area contributed by atoms with Crippen LogP contribution >= 0.6 is 11.3 Å². The zero-order chi connectivity index (χ0) is 15.0. The average Bonchev–Trinajstić information content (AvgIpc) is 2.75. The molecule has 0 radical (unpaired) electrons. The minimum Gasteiger partial charge on any atom is -0.382 e. The molecule has 110 valence electrons. The lowest BCUT2D eigenvalue weighted by Crippen LogP contribution is -2.51. The largest absolute Gasteiger partial charge is 0.382 e. The Kier molecular flexibility index (Phi) is 3.56. The van der Waals surface area contributed by atoms with Crippen molar-refractivity contribution >= 4 is 28.1 Å². The first-order valence-electron chi connectivity index (χ1n) is 6.28. The number of nitrogens with one attached hydrogen (secondary N) is 2. The summed E-state index contributed by atoms with van der Waals surface area (Å²) < 4.78 is 27.3. The van der Waals surface area contributed by atoms with Crippen LogP contribution in [-0.4, -0.2) is 29.9 Å². The quantitative estimate of drug-likeness (QED) is 0.748. The third kappa shape index (κ3) is 2.59. The molecule has 2 aromatic rings. The molecule has 1 aliphatic heterocycles. The van der Waals surface area contributed by atoms with Gasteiger partial charge in [0, 0.05) is 13.1 Å². The maximum atomic E-state index is 13.7. The topological polar surface area (TPSA) is 80.0 Å². The lowest BCUT2D eigenvalue weighted by molar-refractivity contribution is 0.103. The van der Waals surface area contributed by atoms with Gasteiger partial charge in [0.25, 0.3) is 0 Å². The molecule has 0 saturated carbocycles. The lowest BCUT2D eigenvalue weighted by Gasteiger charge is -2.27. The van der Waals surface area contributed by atoms with Crippen molar-refractivity contribution in [3.63, 3.8) is 0 Å². The van der Waals surface area contributed by atoms with Crippen molar-refractivity contribution in [2.75, 3.05) is 24.1 Å². The van der Waals surface area contributed by atoms with E-state index in [-0.39, 0.29) is 16.7 Å². The minimum atomic E-state index is -0.912. The molecular weight excluding hydrogens is 298 g/mol. The van der Waals surface area contributed by atoms with Gasteiger partial charge in [-0.15, -0.1) is 0 Å². The smallest absolute Gasteiger partial charge is 0.212 e. The summed E-state index contributed by atoms with van der Waals surface area (Å²) in [6, 6.07) is 3.50. The Bertz CT molecular complexity index is 679. The fourth-order valence-corrected chi connectivity index (χ4v) is 2.86. The van der Waals surface area contributed by atoms with Crippen LogP contribution in [0.4, 0.5) is 19.7 Å². The highest BCUT2D eigenvalue weighted by Gasteiger charge is 2.25. The number of rotatable bonds is 4. The number of anilines is 2. The van der Waals surface area contributed by atoms with E-state index in [0.29, 0.717) is 5.13 Å². The van der Waals surface area contributed by atoms with E-state index in [1.54, 1.807) is 0 Å². The molecule has 3 rings (SSSR count). The number of carbonyl (C=O) groups is 1. The number of nitrogens with two attached hydrogens (primary N) is 1. The summed E-state index contributed by atoms with van der Waals surface area (Å²) in [6.07, 6.45) is 0. The summed E-state index contributed by atoms with van der Waals surface area (Å²) in [4.78, 5) is 16.3. The maximum Gasteiger partial charge on any atom is 0.212 e. The van der Waals surface area contributed by atoms with E-state index in [9.17, 15) is 13.6 Å². The van der Waals surface area contributed by atoms with E-state index in [2.05, 4.69) is 15.6 Å². The molecule has 1 fully saturated rings. The van der Waals surface area contributed by atoms with Crippen molar-refractivity contribution < 1.29 is 13.6 Å². The number of nitrogen functional groups attached to an aromatic ring is 1. The van der Waals surface area contributed by atoms with Gasteiger partial charge in [-0.3, -0.25) is 4.79 Å². The fourth-order valence-electron chi connectivity index (χ4n) is 1.95. The van der Waals surface area contributed by atoms with Crippen LogP contribution in [-0.2, 0) is 0 Å². The number of carbonyl (C=O) groups excluding carboxylic acids is 1. The van der Waals surface area contributed by atoms with Crippen LogP contribution in [0.2, 0.25) is 0 Å². The van der Waals surface area contributed by atoms with Gasteiger partial charge < -0.3 is 16.4 Å². The van der Waals surface area contributed by atoms with Crippen molar-refractivity contribution in [1.82, 2.24) is 10.3 Å². The second kappa shape index (κ2) is 5.38. The van der Waals surface area contributed by atoms with E-state index >= 15 is 0 Å². The van der Waals surface area contributed by atoms with Gasteiger partial charge in [-0.25, -0.2) is 13.8 Å². The summed E-state index contributed by atoms with van der Waals surface area (Å²) in [6.45, 7) is 1.59. The molecule has 1 aromatic heterocycles. The fraction of sp³-hybridized carbons (Fsp3) is 0.231. The highest BCUT2D eigenvalue weighted by atomic mass is 32.1. The maximum absolute atomic E-state index is 13.7. The molecule has 1 saturated heterocycles. The first-order chi connectivity index (χ1) is 10.1. The van der Waals surface area contributed by atoms with E-state index < -0.39 is 23.0 Å². The van der Waals surface area contributed by atoms with E-state index in [1.165, 1.54) is 6.07 Å². The second-order valence-electron chi connectivity index (χ2n) is 4.66. The van der Waals surface area contributed by atoms with Crippen LogP contribution in [0.3, 0.4) is 0 Å². The predicted molar refractivity (Wildman–Crippen MR) is 76.6 cm³/mol. The first kappa shape index (κ1) is 13.9. The molecule has 0 amide bonds. The van der Waals surface area contributed by atoms with Gasteiger partial charge in [-0.1, -0.05) is 17.4 Å². The SMILES string of the molecule is Nc1nc(NC2CNC2)sc1C(=O)c1c(F)cccc1F. The number of hydrogen-bond donors (Lipinski definition) is 3. The van der Waals surface area contributed by atoms with E-state index in [4.69, 9.17) is 5.73 Å². The van der Waals surface area contributed by atoms with Crippen LogP contribution in [0.1, 0.15) is 15.2 Å². The zero-order valence-corrected chi connectivity index (χ0v) is 11.6. The van der Waals surface area contributed by atoms with Crippen molar-refractivity contribution in [3.05, 3.63) is 40.3 Å². The molecule has 0 aliphatic carbocycles. The summed E-state index contributed by atoms with van der Waals surface area (Å²) in [5.74, 6) is -2.64. The highest BCUT2D eigenvalue weighted by Crippen LogP contribution is 2.29. The highest BCUT2D eigenvalue weighted by molar-refractivity contribution is 7.18. The van der Waals surface area contributed by atoms with Crippen LogP contribution < -0.4 is 16.4 Å². The Balaban J connectivity index is 1.90. The first-order valence-corrected chi connectivity index (χ1v) is 7.10. The summed E-state index contributed by atoms with van der Waals surface area (Å²) in [5, 5.41) is 6.66. The third-order valence-electron chi connectivity index (χ3n) is 3.16. The third-order valence-corrected chi connectivity index (χ3v) is 4.16. The van der Waals surface area contributed by atoms with Crippen molar-refractivity contribution in [2.45, 2.75) is 6.04 Å². The molecular formula is C13H12F2N4OS. The van der Waals surface area contributed by atoms with Gasteiger partial charge >= 0.3 is 0 Å². The lowest BCUT2D eigenvalue weighted by atomic mass is 10.1. The number of benzene rings is 1. The van der Waals surface area contributed by atoms with Crippen LogP contribution in [0, 0.1) is 11.6 Å². The van der Waals surface area contributed by atoms with Crippen molar-refractivity contribution in [2.24, 2.45) is 0 Å². The average molecular weight is 310 g/mol.